The van der Waals surface area contributed by atoms with E-state index in [0.29, 0.717) is 11.3 Å². The Kier molecular flexibility index (Phi) is 4.19. The van der Waals surface area contributed by atoms with Gasteiger partial charge in [0.05, 0.1) is 11.4 Å². The molecule has 2 aliphatic rings. The molecule has 5 heteroatoms. The Bertz CT molecular complexity index is 565. The Balaban J connectivity index is 1.67. The van der Waals surface area contributed by atoms with Crippen LogP contribution in [0.25, 0.3) is 0 Å². The van der Waals surface area contributed by atoms with Gasteiger partial charge in [0.2, 0.25) is 5.91 Å². The Morgan fingerprint density at radius 1 is 1.29 bits per heavy atom. The van der Waals surface area contributed by atoms with E-state index in [4.69, 9.17) is 0 Å². The molecule has 3 rings (SSSR count). The van der Waals surface area contributed by atoms with Gasteiger partial charge < -0.3 is 10.6 Å². The van der Waals surface area contributed by atoms with Crippen LogP contribution >= 0.6 is 11.8 Å². The number of amides is 2. The average molecular weight is 304 g/mol. The number of hydrogen-bond acceptors (Lipinski definition) is 3. The largest absolute Gasteiger partial charge is 0.349 e. The van der Waals surface area contributed by atoms with E-state index in [9.17, 15) is 9.59 Å². The van der Waals surface area contributed by atoms with Crippen LogP contribution < -0.4 is 10.6 Å². The maximum Gasteiger partial charge on any atom is 0.251 e. The highest BCUT2D eigenvalue weighted by molar-refractivity contribution is 8.00. The van der Waals surface area contributed by atoms with Crippen LogP contribution in [0.5, 0.6) is 0 Å². The summed E-state index contributed by atoms with van der Waals surface area (Å²) in [6.07, 6.45) is 4.48. The van der Waals surface area contributed by atoms with Gasteiger partial charge in [0.15, 0.2) is 0 Å². The van der Waals surface area contributed by atoms with E-state index in [1.54, 1.807) is 6.07 Å². The minimum atomic E-state index is -0.0397. The van der Waals surface area contributed by atoms with Gasteiger partial charge in [-0.15, -0.1) is 11.8 Å². The fourth-order valence-electron chi connectivity index (χ4n) is 2.90. The Hall–Kier alpha value is -1.49. The van der Waals surface area contributed by atoms with Crippen molar-refractivity contribution < 1.29 is 9.59 Å². The van der Waals surface area contributed by atoms with E-state index < -0.39 is 0 Å². The van der Waals surface area contributed by atoms with Crippen molar-refractivity contribution >= 4 is 29.3 Å². The summed E-state index contributed by atoms with van der Waals surface area (Å²) in [7, 11) is 0. The highest BCUT2D eigenvalue weighted by Gasteiger charge is 2.21. The maximum absolute atomic E-state index is 12.3. The molecule has 1 aromatic rings. The molecule has 1 aliphatic carbocycles. The van der Waals surface area contributed by atoms with Crippen LogP contribution in [-0.4, -0.2) is 23.6 Å². The van der Waals surface area contributed by atoms with E-state index in [1.165, 1.54) is 24.6 Å². The zero-order valence-corrected chi connectivity index (χ0v) is 13.0. The van der Waals surface area contributed by atoms with Crippen LogP contribution in [0.2, 0.25) is 0 Å². The molecule has 1 aliphatic heterocycles. The summed E-state index contributed by atoms with van der Waals surface area (Å²) in [6, 6.07) is 5.82. The summed E-state index contributed by atoms with van der Waals surface area (Å²) in [5, 5.41) is 5.94. The molecule has 112 valence electrons. The SMILES string of the molecule is CC1CCC(NC(=O)c2ccc3c(c2)NC(=O)CS3)CC1. The number of carbonyl (C=O) groups is 2. The Morgan fingerprint density at radius 2 is 2.05 bits per heavy atom. The summed E-state index contributed by atoms with van der Waals surface area (Å²) < 4.78 is 0. The van der Waals surface area contributed by atoms with Gasteiger partial charge in [-0.1, -0.05) is 6.92 Å². The molecule has 1 heterocycles. The number of anilines is 1. The monoisotopic (exact) mass is 304 g/mol. The molecule has 0 spiro atoms. The van der Waals surface area contributed by atoms with Crippen molar-refractivity contribution in [2.75, 3.05) is 11.1 Å². The first-order valence-corrected chi connectivity index (χ1v) is 8.48. The first-order chi connectivity index (χ1) is 10.1. The standard InChI is InChI=1S/C16H20N2O2S/c1-10-2-5-12(6-3-10)17-16(20)11-4-7-14-13(8-11)18-15(19)9-21-14/h4,7-8,10,12H,2-3,5-6,9H2,1H3,(H,17,20)(H,18,19). The molecule has 2 amide bonds. The number of thioether (sulfide) groups is 1. The molecule has 2 N–H and O–H groups in total. The van der Waals surface area contributed by atoms with Crippen LogP contribution in [0, 0.1) is 5.92 Å². The highest BCUT2D eigenvalue weighted by Crippen LogP contribution is 2.32. The predicted octanol–water partition coefficient (Wildman–Crippen LogP) is 3.04. The molecule has 1 saturated carbocycles. The summed E-state index contributed by atoms with van der Waals surface area (Å²) in [6.45, 7) is 2.27. The van der Waals surface area contributed by atoms with Crippen molar-refractivity contribution in [2.24, 2.45) is 5.92 Å². The number of carbonyl (C=O) groups excluding carboxylic acids is 2. The number of nitrogens with one attached hydrogen (secondary N) is 2. The summed E-state index contributed by atoms with van der Waals surface area (Å²) in [4.78, 5) is 24.8. The zero-order valence-electron chi connectivity index (χ0n) is 12.1. The van der Waals surface area contributed by atoms with Crippen LogP contribution in [0.4, 0.5) is 5.69 Å². The molecule has 0 atom stereocenters. The molecule has 1 aromatic carbocycles. The summed E-state index contributed by atoms with van der Waals surface area (Å²) >= 11 is 1.51. The minimum Gasteiger partial charge on any atom is -0.349 e. The second-order valence-electron chi connectivity index (χ2n) is 5.98. The molecule has 0 unspecified atom stereocenters. The lowest BCUT2D eigenvalue weighted by molar-refractivity contribution is -0.113. The fourth-order valence-corrected chi connectivity index (χ4v) is 3.69. The zero-order chi connectivity index (χ0) is 14.8. The topological polar surface area (TPSA) is 58.2 Å². The van der Waals surface area contributed by atoms with Crippen LogP contribution in [0.3, 0.4) is 0 Å². The molecule has 0 aromatic heterocycles. The van der Waals surface area contributed by atoms with Gasteiger partial charge in [0.1, 0.15) is 0 Å². The van der Waals surface area contributed by atoms with E-state index in [-0.39, 0.29) is 17.9 Å². The molecule has 0 saturated heterocycles. The third kappa shape index (κ3) is 3.40. The van der Waals surface area contributed by atoms with Gasteiger partial charge in [-0.25, -0.2) is 0 Å². The Morgan fingerprint density at radius 3 is 2.81 bits per heavy atom. The van der Waals surface area contributed by atoms with Gasteiger partial charge >= 0.3 is 0 Å². The first kappa shape index (κ1) is 14.4. The summed E-state index contributed by atoms with van der Waals surface area (Å²) in [5.41, 5.74) is 1.37. The normalized spacial score (nSPS) is 24.9. The molecular formula is C16H20N2O2S. The quantitative estimate of drug-likeness (QED) is 0.883. The van der Waals surface area contributed by atoms with Crippen LogP contribution in [0.1, 0.15) is 43.0 Å². The maximum atomic E-state index is 12.3. The number of benzene rings is 1. The van der Waals surface area contributed by atoms with E-state index in [2.05, 4.69) is 17.6 Å². The molecule has 1 fully saturated rings. The number of rotatable bonds is 2. The average Bonchev–Trinajstić information content (AvgIpc) is 2.48. The third-order valence-electron chi connectivity index (χ3n) is 4.23. The molecule has 21 heavy (non-hydrogen) atoms. The molecule has 4 nitrogen and oxygen atoms in total. The second-order valence-corrected chi connectivity index (χ2v) is 7.00. The minimum absolute atomic E-state index is 0.00803. The van der Waals surface area contributed by atoms with E-state index in [1.807, 2.05) is 12.1 Å². The smallest absolute Gasteiger partial charge is 0.251 e. The fraction of sp³-hybridized carbons (Fsp3) is 0.500. The molecule has 0 bridgehead atoms. The lowest BCUT2D eigenvalue weighted by Gasteiger charge is -2.27. The van der Waals surface area contributed by atoms with Crippen molar-refractivity contribution in [2.45, 2.75) is 43.5 Å². The summed E-state index contributed by atoms with van der Waals surface area (Å²) in [5.74, 6) is 1.17. The van der Waals surface area contributed by atoms with Crippen molar-refractivity contribution in [1.82, 2.24) is 5.32 Å². The van der Waals surface area contributed by atoms with Crippen LogP contribution in [-0.2, 0) is 4.79 Å². The van der Waals surface area contributed by atoms with Crippen molar-refractivity contribution in [1.29, 1.82) is 0 Å². The number of fused-ring (bicyclic) bond motifs is 1. The first-order valence-electron chi connectivity index (χ1n) is 7.49. The predicted molar refractivity (Wildman–Crippen MR) is 84.7 cm³/mol. The van der Waals surface area contributed by atoms with E-state index in [0.717, 1.165) is 29.3 Å². The van der Waals surface area contributed by atoms with E-state index >= 15 is 0 Å². The van der Waals surface area contributed by atoms with Gasteiger partial charge in [0, 0.05) is 16.5 Å². The number of hydrogen-bond donors (Lipinski definition) is 2. The van der Waals surface area contributed by atoms with Crippen molar-refractivity contribution in [3.05, 3.63) is 23.8 Å². The van der Waals surface area contributed by atoms with Gasteiger partial charge in [-0.2, -0.15) is 0 Å². The third-order valence-corrected chi connectivity index (χ3v) is 5.30. The lowest BCUT2D eigenvalue weighted by Crippen LogP contribution is -2.37. The van der Waals surface area contributed by atoms with Crippen molar-refractivity contribution in [3.8, 4) is 0 Å². The molecular weight excluding hydrogens is 284 g/mol. The van der Waals surface area contributed by atoms with Gasteiger partial charge in [-0.05, 0) is 49.8 Å². The lowest BCUT2D eigenvalue weighted by atomic mass is 9.87. The van der Waals surface area contributed by atoms with Crippen molar-refractivity contribution in [3.63, 3.8) is 0 Å². The van der Waals surface area contributed by atoms with Crippen LogP contribution in [0.15, 0.2) is 23.1 Å². The van der Waals surface area contributed by atoms with Gasteiger partial charge in [-0.3, -0.25) is 9.59 Å². The molecule has 0 radical (unpaired) electrons. The van der Waals surface area contributed by atoms with Gasteiger partial charge in [0.25, 0.3) is 5.91 Å². The Labute approximate surface area is 129 Å². The second kappa shape index (κ2) is 6.10. The highest BCUT2D eigenvalue weighted by atomic mass is 32.2.